The lowest BCUT2D eigenvalue weighted by molar-refractivity contribution is 1.27. The molecule has 0 aliphatic carbocycles. The first-order valence-corrected chi connectivity index (χ1v) is 18.2. The van der Waals surface area contributed by atoms with Gasteiger partial charge < -0.3 is 15.5 Å². The lowest BCUT2D eigenvalue weighted by Crippen LogP contribution is -2.09. The van der Waals surface area contributed by atoms with Crippen molar-refractivity contribution in [2.24, 2.45) is 0 Å². The van der Waals surface area contributed by atoms with Crippen molar-refractivity contribution < 1.29 is 0 Å². The maximum absolute atomic E-state index is 3.68. The minimum absolute atomic E-state index is 1.02. The van der Waals surface area contributed by atoms with Crippen molar-refractivity contribution in [3.05, 3.63) is 208 Å². The Balaban J connectivity index is 1.07. The van der Waals surface area contributed by atoms with Gasteiger partial charge in [-0.2, -0.15) is 0 Å². The molecule has 260 valence electrons. The number of anilines is 7. The van der Waals surface area contributed by atoms with Gasteiger partial charge in [-0.25, -0.2) is 0 Å². The van der Waals surface area contributed by atoms with Gasteiger partial charge in [0.25, 0.3) is 0 Å². The zero-order chi connectivity index (χ0) is 36.6. The van der Waals surface area contributed by atoms with Gasteiger partial charge in [-0.05, 0) is 111 Å². The predicted molar refractivity (Wildman–Crippen MR) is 230 cm³/mol. The van der Waals surface area contributed by atoms with Crippen molar-refractivity contribution in [2.45, 2.75) is 27.7 Å². The van der Waals surface area contributed by atoms with Crippen LogP contribution in [-0.4, -0.2) is 0 Å². The first-order valence-electron chi connectivity index (χ1n) is 18.2. The standard InChI is InChI=1S/C50H45N3/c1-36-8-26-44(27-9-36)51-49-7-5-6-43(50(49)52-45-28-10-37(2)11-29-45)25-22-41-19-16-40(17-20-41)18-21-42-23-34-48(35-24-42)53(46-30-12-38(3)13-31-46)47-32-14-39(4)15-33-47/h5-35,51-52H,1-4H3. The van der Waals surface area contributed by atoms with E-state index in [0.717, 1.165) is 62.1 Å². The molecule has 0 bridgehead atoms. The molecule has 2 N–H and O–H groups in total. The van der Waals surface area contributed by atoms with Gasteiger partial charge in [0.15, 0.2) is 0 Å². The second-order valence-corrected chi connectivity index (χ2v) is 13.7. The Kier molecular flexibility index (Phi) is 10.6. The lowest BCUT2D eigenvalue weighted by atomic mass is 10.1. The number of aryl methyl sites for hydroxylation is 4. The van der Waals surface area contributed by atoms with Crippen LogP contribution in [0.1, 0.15) is 44.5 Å². The van der Waals surface area contributed by atoms with Crippen molar-refractivity contribution in [3.63, 3.8) is 0 Å². The maximum Gasteiger partial charge on any atom is 0.0697 e. The van der Waals surface area contributed by atoms with E-state index in [4.69, 9.17) is 0 Å². The van der Waals surface area contributed by atoms with E-state index in [1.165, 1.54) is 22.3 Å². The van der Waals surface area contributed by atoms with Crippen molar-refractivity contribution in [1.82, 2.24) is 0 Å². The van der Waals surface area contributed by atoms with Crippen LogP contribution >= 0.6 is 0 Å². The summed E-state index contributed by atoms with van der Waals surface area (Å²) < 4.78 is 0. The van der Waals surface area contributed by atoms with Gasteiger partial charge in [0, 0.05) is 34.0 Å². The molecule has 0 unspecified atom stereocenters. The van der Waals surface area contributed by atoms with Crippen LogP contribution in [0.15, 0.2) is 164 Å². The first kappa shape index (κ1) is 34.9. The molecule has 0 aliphatic rings. The van der Waals surface area contributed by atoms with Crippen LogP contribution in [0.4, 0.5) is 39.8 Å². The number of hydrogen-bond acceptors (Lipinski definition) is 3. The minimum Gasteiger partial charge on any atom is -0.354 e. The zero-order valence-corrected chi connectivity index (χ0v) is 30.8. The van der Waals surface area contributed by atoms with Crippen LogP contribution in [0, 0.1) is 27.7 Å². The Hall–Kier alpha value is -6.58. The average Bonchev–Trinajstić information content (AvgIpc) is 3.18. The van der Waals surface area contributed by atoms with Crippen molar-refractivity contribution in [1.29, 1.82) is 0 Å². The topological polar surface area (TPSA) is 27.3 Å². The largest absolute Gasteiger partial charge is 0.354 e. The third kappa shape index (κ3) is 9.02. The molecule has 0 radical (unpaired) electrons. The molecular formula is C50H45N3. The summed E-state index contributed by atoms with van der Waals surface area (Å²) >= 11 is 0. The summed E-state index contributed by atoms with van der Waals surface area (Å²) in [6.07, 6.45) is 8.70. The van der Waals surface area contributed by atoms with Crippen LogP contribution in [0.5, 0.6) is 0 Å². The molecule has 0 spiro atoms. The minimum atomic E-state index is 1.02. The summed E-state index contributed by atoms with van der Waals surface area (Å²) in [5.74, 6) is 0. The number of rotatable bonds is 11. The van der Waals surface area contributed by atoms with Gasteiger partial charge in [-0.15, -0.1) is 0 Å². The smallest absolute Gasteiger partial charge is 0.0697 e. The van der Waals surface area contributed by atoms with Crippen molar-refractivity contribution in [3.8, 4) is 0 Å². The molecule has 0 heterocycles. The maximum atomic E-state index is 3.68. The van der Waals surface area contributed by atoms with Gasteiger partial charge in [-0.3, -0.25) is 0 Å². The van der Waals surface area contributed by atoms with E-state index < -0.39 is 0 Å². The average molecular weight is 688 g/mol. The summed E-state index contributed by atoms with van der Waals surface area (Å²) in [5, 5.41) is 7.31. The van der Waals surface area contributed by atoms with Crippen LogP contribution in [-0.2, 0) is 0 Å². The van der Waals surface area contributed by atoms with E-state index in [2.05, 4.69) is 231 Å². The molecule has 0 saturated carbocycles. The highest BCUT2D eigenvalue weighted by Crippen LogP contribution is 2.36. The Labute approximate surface area is 314 Å². The molecule has 0 aromatic heterocycles. The number of hydrogen-bond donors (Lipinski definition) is 2. The highest BCUT2D eigenvalue weighted by atomic mass is 15.1. The second-order valence-electron chi connectivity index (χ2n) is 13.7. The summed E-state index contributed by atoms with van der Waals surface area (Å²) in [4.78, 5) is 2.30. The molecule has 3 nitrogen and oxygen atoms in total. The number of nitrogens with one attached hydrogen (secondary N) is 2. The SMILES string of the molecule is Cc1ccc(Nc2cccc(C=Cc3ccc(C=Cc4ccc(N(c5ccc(C)cc5)c5ccc(C)cc5)cc4)cc3)c2Nc2ccc(C)cc2)cc1. The summed E-state index contributed by atoms with van der Waals surface area (Å²) in [6, 6.07) is 58.2. The van der Waals surface area contributed by atoms with Crippen LogP contribution in [0.25, 0.3) is 24.3 Å². The molecule has 7 aromatic rings. The Morgan fingerprint density at radius 1 is 0.358 bits per heavy atom. The van der Waals surface area contributed by atoms with E-state index in [-0.39, 0.29) is 0 Å². The Morgan fingerprint density at radius 2 is 0.717 bits per heavy atom. The normalized spacial score (nSPS) is 11.2. The van der Waals surface area contributed by atoms with Crippen molar-refractivity contribution in [2.75, 3.05) is 15.5 Å². The molecule has 0 amide bonds. The van der Waals surface area contributed by atoms with Gasteiger partial charge in [0.05, 0.1) is 11.4 Å². The number of para-hydroxylation sites is 1. The van der Waals surface area contributed by atoms with E-state index in [0.29, 0.717) is 0 Å². The molecule has 53 heavy (non-hydrogen) atoms. The van der Waals surface area contributed by atoms with Gasteiger partial charge in [0.2, 0.25) is 0 Å². The quantitative estimate of drug-likeness (QED) is 0.133. The molecule has 7 rings (SSSR count). The van der Waals surface area contributed by atoms with Crippen LogP contribution in [0.2, 0.25) is 0 Å². The van der Waals surface area contributed by atoms with Crippen molar-refractivity contribution >= 4 is 64.1 Å². The van der Waals surface area contributed by atoms with Gasteiger partial charge >= 0.3 is 0 Å². The second kappa shape index (κ2) is 16.2. The van der Waals surface area contributed by atoms with E-state index in [1.807, 2.05) is 0 Å². The van der Waals surface area contributed by atoms with E-state index in [1.54, 1.807) is 0 Å². The van der Waals surface area contributed by atoms with Crippen LogP contribution < -0.4 is 15.5 Å². The molecule has 0 fully saturated rings. The third-order valence-corrected chi connectivity index (χ3v) is 9.34. The zero-order valence-electron chi connectivity index (χ0n) is 30.8. The fourth-order valence-corrected chi connectivity index (χ4v) is 6.19. The molecule has 0 aliphatic heterocycles. The molecule has 3 heteroatoms. The van der Waals surface area contributed by atoms with Crippen LogP contribution in [0.3, 0.4) is 0 Å². The highest BCUT2D eigenvalue weighted by Gasteiger charge is 2.12. The molecule has 0 atom stereocenters. The summed E-state index contributed by atoms with van der Waals surface area (Å²) in [5.41, 5.74) is 17.0. The fraction of sp³-hybridized carbons (Fsp3) is 0.0800. The molecule has 7 aromatic carbocycles. The molecule has 0 saturated heterocycles. The molecular weight excluding hydrogens is 643 g/mol. The van der Waals surface area contributed by atoms with Gasteiger partial charge in [0.1, 0.15) is 0 Å². The highest BCUT2D eigenvalue weighted by molar-refractivity contribution is 5.88. The van der Waals surface area contributed by atoms with Gasteiger partial charge in [-0.1, -0.05) is 144 Å². The Bertz CT molecular complexity index is 2270. The lowest BCUT2D eigenvalue weighted by Gasteiger charge is -2.25. The summed E-state index contributed by atoms with van der Waals surface area (Å²) in [7, 11) is 0. The fourth-order valence-electron chi connectivity index (χ4n) is 6.19. The summed E-state index contributed by atoms with van der Waals surface area (Å²) in [6.45, 7) is 8.46. The number of benzene rings is 7. The third-order valence-electron chi connectivity index (χ3n) is 9.34. The number of nitrogens with zero attached hydrogens (tertiary/aromatic N) is 1. The van der Waals surface area contributed by atoms with E-state index in [9.17, 15) is 0 Å². The van der Waals surface area contributed by atoms with E-state index >= 15 is 0 Å². The predicted octanol–water partition coefficient (Wildman–Crippen LogP) is 14.2. The monoisotopic (exact) mass is 687 g/mol. The Morgan fingerprint density at radius 3 is 1.17 bits per heavy atom. The first-order chi connectivity index (χ1) is 25.9.